The van der Waals surface area contributed by atoms with E-state index in [1.54, 1.807) is 35.2 Å². The van der Waals surface area contributed by atoms with Gasteiger partial charge in [0.05, 0.1) is 32.9 Å². The van der Waals surface area contributed by atoms with Gasteiger partial charge in [-0.15, -0.1) is 0 Å². The third-order valence-electron chi connectivity index (χ3n) is 6.30. The van der Waals surface area contributed by atoms with E-state index in [9.17, 15) is 18.0 Å². The maximum atomic E-state index is 13.8. The number of hydrogen-bond donors (Lipinski definition) is 1. The van der Waals surface area contributed by atoms with Crippen LogP contribution in [0.5, 0.6) is 0 Å². The average molecular weight is 564 g/mol. The number of carbonyl (C=O) groups is 1. The highest BCUT2D eigenvalue weighted by molar-refractivity contribution is 7.90. The van der Waals surface area contributed by atoms with Crippen molar-refractivity contribution in [3.63, 3.8) is 0 Å². The summed E-state index contributed by atoms with van der Waals surface area (Å²) in [5.74, 6) is 0.111. The van der Waals surface area contributed by atoms with Crippen LogP contribution in [0.2, 0.25) is 10.0 Å². The normalized spacial score (nSPS) is 15.5. The first-order valence-electron chi connectivity index (χ1n) is 11.9. The summed E-state index contributed by atoms with van der Waals surface area (Å²) >= 11 is 12.2. The average Bonchev–Trinajstić information content (AvgIpc) is 2.84. The van der Waals surface area contributed by atoms with E-state index in [2.05, 4.69) is 5.32 Å². The van der Waals surface area contributed by atoms with Gasteiger partial charge in [0.15, 0.2) is 9.84 Å². The summed E-state index contributed by atoms with van der Waals surface area (Å²) < 4.78 is 25.3. The van der Waals surface area contributed by atoms with E-state index in [4.69, 9.17) is 28.2 Å². The maximum Gasteiger partial charge on any atom is 0.263 e. The van der Waals surface area contributed by atoms with Gasteiger partial charge in [-0.25, -0.2) is 18.0 Å². The van der Waals surface area contributed by atoms with Crippen LogP contribution in [-0.4, -0.2) is 47.1 Å². The quantitative estimate of drug-likeness (QED) is 0.465. The molecule has 0 spiro atoms. The smallest absolute Gasteiger partial charge is 0.263 e. The molecule has 0 saturated carbocycles. The van der Waals surface area contributed by atoms with E-state index in [0.29, 0.717) is 51.3 Å². The van der Waals surface area contributed by atoms with Gasteiger partial charge < -0.3 is 10.2 Å². The summed E-state index contributed by atoms with van der Waals surface area (Å²) in [6.07, 6.45) is 2.12. The summed E-state index contributed by atoms with van der Waals surface area (Å²) in [5, 5.41) is 3.88. The van der Waals surface area contributed by atoms with Crippen LogP contribution >= 0.6 is 23.2 Å². The minimum absolute atomic E-state index is 0.0348. The lowest BCUT2D eigenvalue weighted by Crippen LogP contribution is -2.47. The molecule has 1 aromatic heterocycles. The molecule has 0 fully saturated rings. The Hall–Kier alpha value is -2.88. The Bertz CT molecular complexity index is 1520. The lowest BCUT2D eigenvalue weighted by molar-refractivity contribution is 0.0629. The number of aromatic nitrogens is 2. The molecule has 0 saturated heterocycles. The first kappa shape index (κ1) is 27.2. The van der Waals surface area contributed by atoms with E-state index in [1.165, 1.54) is 16.7 Å². The SMILES string of the molecule is CC[C@H]1Cc2c(nc(NC(C)C)n(-c3ccc(S(C)(=O)=O)cc3)c2=O)CN1C(=O)c1ccc(Cl)c(Cl)c1. The third kappa shape index (κ3) is 5.54. The molecule has 1 aliphatic heterocycles. The lowest BCUT2D eigenvalue weighted by atomic mass is 9.95. The first-order chi connectivity index (χ1) is 17.4. The van der Waals surface area contributed by atoms with Gasteiger partial charge in [-0.05, 0) is 62.7 Å². The van der Waals surface area contributed by atoms with Gasteiger partial charge in [0.25, 0.3) is 11.5 Å². The molecule has 11 heteroatoms. The number of sulfone groups is 1. The molecular formula is C26H28Cl2N4O4S. The highest BCUT2D eigenvalue weighted by Crippen LogP contribution is 2.28. The second kappa shape index (κ2) is 10.5. The van der Waals surface area contributed by atoms with E-state index < -0.39 is 9.84 Å². The van der Waals surface area contributed by atoms with Gasteiger partial charge in [0.1, 0.15) is 0 Å². The van der Waals surface area contributed by atoms with Crippen molar-refractivity contribution >= 4 is 44.9 Å². The van der Waals surface area contributed by atoms with Crippen LogP contribution in [0, 0.1) is 0 Å². The Labute approximate surface area is 226 Å². The number of fused-ring (bicyclic) bond motifs is 1. The van der Waals surface area contributed by atoms with Crippen LogP contribution < -0.4 is 10.9 Å². The molecular weight excluding hydrogens is 535 g/mol. The molecule has 37 heavy (non-hydrogen) atoms. The molecule has 196 valence electrons. The Balaban J connectivity index is 1.80. The molecule has 8 nitrogen and oxygen atoms in total. The number of halogens is 2. The molecule has 4 rings (SSSR count). The zero-order valence-corrected chi connectivity index (χ0v) is 23.3. The second-order valence-corrected chi connectivity index (χ2v) is 12.2. The van der Waals surface area contributed by atoms with Crippen molar-refractivity contribution in [1.29, 1.82) is 0 Å². The topological polar surface area (TPSA) is 101 Å². The minimum Gasteiger partial charge on any atom is -0.353 e. The van der Waals surface area contributed by atoms with Crippen LogP contribution in [-0.2, 0) is 22.8 Å². The zero-order chi connectivity index (χ0) is 27.1. The molecule has 2 aromatic carbocycles. The fourth-order valence-electron chi connectivity index (χ4n) is 4.41. The molecule has 0 unspecified atom stereocenters. The predicted octanol–water partition coefficient (Wildman–Crippen LogP) is 4.74. The van der Waals surface area contributed by atoms with E-state index in [1.807, 2.05) is 20.8 Å². The third-order valence-corrected chi connectivity index (χ3v) is 8.17. The number of anilines is 1. The number of amides is 1. The fraction of sp³-hybridized carbons (Fsp3) is 0.346. The monoisotopic (exact) mass is 562 g/mol. The Morgan fingerprint density at radius 2 is 1.81 bits per heavy atom. The number of hydrogen-bond acceptors (Lipinski definition) is 6. The lowest BCUT2D eigenvalue weighted by Gasteiger charge is -2.36. The standard InChI is InChI=1S/C26H28Cl2N4O4S/c1-5-17-13-20-23(14-31(17)24(33)16-6-11-21(27)22(28)12-16)30-26(29-15(2)3)32(25(20)34)18-7-9-19(10-8-18)37(4,35)36/h6-12,15,17H,5,13-14H2,1-4H3,(H,29,30)/t17-/m0/s1. The van der Waals surface area contributed by atoms with Crippen molar-refractivity contribution in [2.24, 2.45) is 0 Å². The van der Waals surface area contributed by atoms with E-state index in [0.717, 1.165) is 6.26 Å². The van der Waals surface area contributed by atoms with E-state index >= 15 is 0 Å². The van der Waals surface area contributed by atoms with Crippen molar-refractivity contribution in [3.8, 4) is 5.69 Å². The minimum atomic E-state index is -3.38. The summed E-state index contributed by atoms with van der Waals surface area (Å²) in [7, 11) is -3.38. The molecule has 0 radical (unpaired) electrons. The van der Waals surface area contributed by atoms with Crippen molar-refractivity contribution in [2.75, 3.05) is 11.6 Å². The molecule has 1 aliphatic rings. The van der Waals surface area contributed by atoms with Gasteiger partial charge in [0.2, 0.25) is 5.95 Å². The van der Waals surface area contributed by atoms with Gasteiger partial charge in [-0.2, -0.15) is 0 Å². The predicted molar refractivity (Wildman–Crippen MR) is 146 cm³/mol. The first-order valence-corrected chi connectivity index (χ1v) is 14.5. The Morgan fingerprint density at radius 1 is 1.14 bits per heavy atom. The van der Waals surface area contributed by atoms with Gasteiger partial charge in [-0.3, -0.25) is 9.59 Å². The summed E-state index contributed by atoms with van der Waals surface area (Å²) in [6.45, 7) is 5.99. The highest BCUT2D eigenvalue weighted by Gasteiger charge is 2.33. The summed E-state index contributed by atoms with van der Waals surface area (Å²) in [6, 6.07) is 10.7. The molecule has 1 atom stereocenters. The summed E-state index contributed by atoms with van der Waals surface area (Å²) in [4.78, 5) is 33.9. The fourth-order valence-corrected chi connectivity index (χ4v) is 5.33. The van der Waals surface area contributed by atoms with Crippen LogP contribution in [0.25, 0.3) is 5.69 Å². The number of carbonyl (C=O) groups excluding carboxylic acids is 1. The molecule has 0 bridgehead atoms. The maximum absolute atomic E-state index is 13.8. The number of nitrogens with one attached hydrogen (secondary N) is 1. The van der Waals surface area contributed by atoms with Gasteiger partial charge in [-0.1, -0.05) is 30.1 Å². The molecule has 1 N–H and O–H groups in total. The second-order valence-electron chi connectivity index (χ2n) is 9.39. The number of rotatable bonds is 6. The number of nitrogens with zero attached hydrogens (tertiary/aromatic N) is 3. The Morgan fingerprint density at radius 3 is 2.38 bits per heavy atom. The largest absolute Gasteiger partial charge is 0.353 e. The molecule has 2 heterocycles. The van der Waals surface area contributed by atoms with E-state index in [-0.39, 0.29) is 35.0 Å². The summed E-state index contributed by atoms with van der Waals surface area (Å²) in [5.41, 5.74) is 1.72. The van der Waals surface area contributed by atoms with Crippen molar-refractivity contribution in [2.45, 2.75) is 57.1 Å². The van der Waals surface area contributed by atoms with Gasteiger partial charge >= 0.3 is 0 Å². The van der Waals surface area contributed by atoms with Crippen LogP contribution in [0.3, 0.4) is 0 Å². The highest BCUT2D eigenvalue weighted by atomic mass is 35.5. The molecule has 0 aliphatic carbocycles. The zero-order valence-electron chi connectivity index (χ0n) is 21.0. The van der Waals surface area contributed by atoms with Gasteiger partial charge in [0, 0.05) is 35.9 Å². The van der Waals surface area contributed by atoms with Crippen molar-refractivity contribution < 1.29 is 13.2 Å². The number of benzene rings is 2. The van der Waals surface area contributed by atoms with Crippen LogP contribution in [0.15, 0.2) is 52.2 Å². The van der Waals surface area contributed by atoms with Crippen LogP contribution in [0.4, 0.5) is 5.95 Å². The molecule has 1 amide bonds. The Kier molecular flexibility index (Phi) is 7.69. The van der Waals surface area contributed by atoms with Crippen LogP contribution in [0.1, 0.15) is 48.8 Å². The molecule has 3 aromatic rings. The van der Waals surface area contributed by atoms with Crippen molar-refractivity contribution in [1.82, 2.24) is 14.5 Å². The van der Waals surface area contributed by atoms with Crippen molar-refractivity contribution in [3.05, 3.63) is 79.7 Å².